The summed E-state index contributed by atoms with van der Waals surface area (Å²) in [5.74, 6) is 0.224. The van der Waals surface area contributed by atoms with Gasteiger partial charge in [0, 0.05) is 10.7 Å². The molecule has 0 aliphatic heterocycles. The van der Waals surface area contributed by atoms with Crippen LogP contribution in [0, 0.1) is 0 Å². The maximum atomic E-state index is 11.8. The molecule has 0 fully saturated rings. The van der Waals surface area contributed by atoms with Gasteiger partial charge >= 0.3 is 0 Å². The van der Waals surface area contributed by atoms with Gasteiger partial charge in [0.25, 0.3) is 0 Å². The van der Waals surface area contributed by atoms with Gasteiger partial charge in [-0.05, 0) is 36.8 Å². The van der Waals surface area contributed by atoms with Crippen molar-refractivity contribution in [2.24, 2.45) is 5.10 Å². The molecule has 1 aromatic carbocycles. The van der Waals surface area contributed by atoms with E-state index in [1.54, 1.807) is 49.6 Å². The number of nitrogens with zero attached hydrogens (tertiary/aromatic N) is 1. The van der Waals surface area contributed by atoms with Crippen molar-refractivity contribution in [2.45, 2.75) is 26.3 Å². The fraction of sp³-hybridized carbons (Fsp3) is 0.235. The molecular formula is C17H18ClN3O3. The number of hydrogen-bond acceptors (Lipinski definition) is 4. The maximum Gasteiger partial charge on any atom is 0.244 e. The number of amides is 2. The van der Waals surface area contributed by atoms with Crippen LogP contribution in [0.5, 0.6) is 0 Å². The molecule has 126 valence electrons. The van der Waals surface area contributed by atoms with Crippen molar-refractivity contribution in [2.75, 3.05) is 0 Å². The molecule has 1 aromatic heterocycles. The van der Waals surface area contributed by atoms with Gasteiger partial charge in [-0.3, -0.25) is 9.59 Å². The lowest BCUT2D eigenvalue weighted by Crippen LogP contribution is -2.26. The highest BCUT2D eigenvalue weighted by atomic mass is 35.5. The van der Waals surface area contributed by atoms with E-state index in [9.17, 15) is 9.59 Å². The van der Waals surface area contributed by atoms with Gasteiger partial charge in [-0.2, -0.15) is 5.10 Å². The number of benzene rings is 1. The zero-order valence-electron chi connectivity index (χ0n) is 13.2. The van der Waals surface area contributed by atoms with Crippen LogP contribution in [0.4, 0.5) is 0 Å². The Bertz CT molecular complexity index is 709. The van der Waals surface area contributed by atoms with Crippen molar-refractivity contribution in [3.63, 3.8) is 0 Å². The van der Waals surface area contributed by atoms with Gasteiger partial charge in [0.05, 0.1) is 25.6 Å². The minimum absolute atomic E-state index is 0.0991. The van der Waals surface area contributed by atoms with Crippen LogP contribution in [0.25, 0.3) is 0 Å². The lowest BCUT2D eigenvalue weighted by Gasteiger charge is -2.04. The summed E-state index contributed by atoms with van der Waals surface area (Å²) in [4.78, 5) is 23.6. The third-order valence-electron chi connectivity index (χ3n) is 3.11. The molecule has 24 heavy (non-hydrogen) atoms. The molecule has 0 aliphatic rings. The average molecular weight is 348 g/mol. The van der Waals surface area contributed by atoms with E-state index in [1.165, 1.54) is 0 Å². The minimum Gasteiger partial charge on any atom is -0.467 e. The SMILES string of the molecule is C/C(CC(=O)NCc1ccco1)=N/NC(=O)Cc1ccc(Cl)cc1. The molecule has 0 saturated carbocycles. The van der Waals surface area contributed by atoms with E-state index in [-0.39, 0.29) is 24.7 Å². The number of furan rings is 1. The number of hydrazone groups is 1. The topological polar surface area (TPSA) is 83.7 Å². The molecule has 0 radical (unpaired) electrons. The highest BCUT2D eigenvalue weighted by Gasteiger charge is 2.06. The molecule has 0 aliphatic carbocycles. The highest BCUT2D eigenvalue weighted by molar-refractivity contribution is 6.30. The van der Waals surface area contributed by atoms with E-state index >= 15 is 0 Å². The summed E-state index contributed by atoms with van der Waals surface area (Å²) in [6.07, 6.45) is 1.84. The first kappa shape index (κ1) is 17.7. The first-order valence-electron chi connectivity index (χ1n) is 7.38. The molecule has 1 heterocycles. The van der Waals surface area contributed by atoms with Crippen LogP contribution in [0.1, 0.15) is 24.7 Å². The predicted molar refractivity (Wildman–Crippen MR) is 91.6 cm³/mol. The summed E-state index contributed by atoms with van der Waals surface area (Å²) in [5, 5.41) is 7.26. The van der Waals surface area contributed by atoms with Crippen LogP contribution in [0.3, 0.4) is 0 Å². The smallest absolute Gasteiger partial charge is 0.244 e. The summed E-state index contributed by atoms with van der Waals surface area (Å²) < 4.78 is 5.12. The van der Waals surface area contributed by atoms with Gasteiger partial charge in [-0.15, -0.1) is 0 Å². The molecule has 0 bridgehead atoms. The fourth-order valence-electron chi connectivity index (χ4n) is 1.92. The molecular weight excluding hydrogens is 330 g/mol. The zero-order chi connectivity index (χ0) is 17.4. The molecule has 2 rings (SSSR count). The van der Waals surface area contributed by atoms with Crippen molar-refractivity contribution >= 4 is 29.1 Å². The zero-order valence-corrected chi connectivity index (χ0v) is 14.0. The van der Waals surface area contributed by atoms with E-state index in [0.717, 1.165) is 5.56 Å². The summed E-state index contributed by atoms with van der Waals surface area (Å²) in [6, 6.07) is 10.5. The Morgan fingerprint density at radius 3 is 2.58 bits per heavy atom. The Labute approximate surface area is 144 Å². The summed E-state index contributed by atoms with van der Waals surface area (Å²) in [7, 11) is 0. The summed E-state index contributed by atoms with van der Waals surface area (Å²) >= 11 is 5.79. The number of hydrogen-bond donors (Lipinski definition) is 2. The second-order valence-electron chi connectivity index (χ2n) is 5.22. The lowest BCUT2D eigenvalue weighted by molar-refractivity contribution is -0.121. The third-order valence-corrected chi connectivity index (χ3v) is 3.36. The van der Waals surface area contributed by atoms with Crippen LogP contribution in [0.2, 0.25) is 5.02 Å². The average Bonchev–Trinajstić information content (AvgIpc) is 3.07. The predicted octanol–water partition coefficient (Wildman–Crippen LogP) is 2.67. The highest BCUT2D eigenvalue weighted by Crippen LogP contribution is 2.09. The van der Waals surface area contributed by atoms with Gasteiger partial charge < -0.3 is 9.73 Å². The van der Waals surface area contributed by atoms with Gasteiger partial charge in [0.2, 0.25) is 11.8 Å². The minimum atomic E-state index is -0.257. The molecule has 0 unspecified atom stereocenters. The van der Waals surface area contributed by atoms with Crippen molar-refractivity contribution in [3.05, 3.63) is 59.0 Å². The Hall–Kier alpha value is -2.60. The van der Waals surface area contributed by atoms with Crippen molar-refractivity contribution in [1.29, 1.82) is 0 Å². The van der Waals surface area contributed by atoms with Gasteiger partial charge in [0.1, 0.15) is 5.76 Å². The monoisotopic (exact) mass is 347 g/mol. The van der Waals surface area contributed by atoms with Crippen LogP contribution >= 0.6 is 11.6 Å². The lowest BCUT2D eigenvalue weighted by atomic mass is 10.1. The Morgan fingerprint density at radius 1 is 1.17 bits per heavy atom. The number of carbonyl (C=O) groups excluding carboxylic acids is 2. The summed E-state index contributed by atoms with van der Waals surface area (Å²) in [5.41, 5.74) is 3.78. The molecule has 6 nitrogen and oxygen atoms in total. The normalized spacial score (nSPS) is 11.2. The largest absolute Gasteiger partial charge is 0.467 e. The Kier molecular flexibility index (Phi) is 6.57. The molecule has 2 amide bonds. The molecule has 7 heteroatoms. The number of nitrogens with one attached hydrogen (secondary N) is 2. The first-order valence-corrected chi connectivity index (χ1v) is 7.76. The third kappa shape index (κ3) is 6.26. The molecule has 0 atom stereocenters. The van der Waals surface area contributed by atoms with Crippen LogP contribution in [-0.2, 0) is 22.6 Å². The molecule has 2 aromatic rings. The Balaban J connectivity index is 1.72. The van der Waals surface area contributed by atoms with Crippen LogP contribution in [-0.4, -0.2) is 17.5 Å². The number of rotatable bonds is 7. The van der Waals surface area contributed by atoms with Gasteiger partial charge in [-0.25, -0.2) is 5.43 Å². The first-order chi connectivity index (χ1) is 11.5. The van der Waals surface area contributed by atoms with Crippen molar-refractivity contribution in [3.8, 4) is 0 Å². The standard InChI is InChI=1S/C17H18ClN3O3/c1-12(9-16(22)19-11-15-3-2-8-24-15)20-21-17(23)10-13-4-6-14(18)7-5-13/h2-8H,9-11H2,1H3,(H,19,22)(H,21,23)/b20-12-. The molecule has 0 saturated heterocycles. The molecule has 2 N–H and O–H groups in total. The van der Waals surface area contributed by atoms with Gasteiger partial charge in [0.15, 0.2) is 0 Å². The molecule has 0 spiro atoms. The van der Waals surface area contributed by atoms with E-state index < -0.39 is 0 Å². The van der Waals surface area contributed by atoms with Gasteiger partial charge in [-0.1, -0.05) is 23.7 Å². The van der Waals surface area contributed by atoms with Crippen molar-refractivity contribution in [1.82, 2.24) is 10.7 Å². The summed E-state index contributed by atoms with van der Waals surface area (Å²) in [6.45, 7) is 2.00. The van der Waals surface area contributed by atoms with Crippen LogP contribution in [0.15, 0.2) is 52.2 Å². The van der Waals surface area contributed by atoms with E-state index in [0.29, 0.717) is 23.0 Å². The Morgan fingerprint density at radius 2 is 1.92 bits per heavy atom. The maximum absolute atomic E-state index is 11.8. The van der Waals surface area contributed by atoms with Crippen molar-refractivity contribution < 1.29 is 14.0 Å². The second-order valence-corrected chi connectivity index (χ2v) is 5.65. The van der Waals surface area contributed by atoms with E-state index in [2.05, 4.69) is 15.8 Å². The number of carbonyl (C=O) groups is 2. The second kappa shape index (κ2) is 8.88. The van der Waals surface area contributed by atoms with Crippen LogP contribution < -0.4 is 10.7 Å². The van der Waals surface area contributed by atoms with E-state index in [1.807, 2.05) is 0 Å². The fourth-order valence-corrected chi connectivity index (χ4v) is 2.04. The van der Waals surface area contributed by atoms with E-state index in [4.69, 9.17) is 16.0 Å². The number of halogens is 1. The quantitative estimate of drug-likeness (QED) is 0.596.